The van der Waals surface area contributed by atoms with Crippen LogP contribution in [0.3, 0.4) is 0 Å². The zero-order chi connectivity index (χ0) is 27.4. The van der Waals surface area contributed by atoms with Crippen LogP contribution < -0.4 is 27.8 Å². The van der Waals surface area contributed by atoms with E-state index >= 15 is 0 Å². The number of amides is 3. The lowest BCUT2D eigenvalue weighted by Gasteiger charge is -2.30. The molecule has 0 aromatic carbocycles. The van der Waals surface area contributed by atoms with Gasteiger partial charge in [-0.25, -0.2) is 9.78 Å². The van der Waals surface area contributed by atoms with Gasteiger partial charge in [0.15, 0.2) is 5.96 Å². The van der Waals surface area contributed by atoms with Gasteiger partial charge in [-0.3, -0.25) is 19.4 Å². The largest absolute Gasteiger partial charge is 0.480 e. The summed E-state index contributed by atoms with van der Waals surface area (Å²) in [5.74, 6) is -2.12. The minimum Gasteiger partial charge on any atom is -0.480 e. The number of nitrogens with two attached hydrogens (primary N) is 3. The molecule has 1 aliphatic rings. The minimum atomic E-state index is -1.13. The van der Waals surface area contributed by atoms with Crippen molar-refractivity contribution >= 4 is 41.4 Å². The summed E-state index contributed by atoms with van der Waals surface area (Å²) in [6.45, 7) is 0.623. The Labute approximate surface area is 219 Å². The van der Waals surface area contributed by atoms with Crippen molar-refractivity contribution in [2.24, 2.45) is 22.2 Å². The predicted molar refractivity (Wildman–Crippen MR) is 139 cm³/mol. The highest BCUT2D eigenvalue weighted by Crippen LogP contribution is 2.20. The summed E-state index contributed by atoms with van der Waals surface area (Å²) < 4.78 is 0. The second-order valence-electron chi connectivity index (χ2n) is 8.77. The van der Waals surface area contributed by atoms with Crippen LogP contribution in [0, 0.1) is 0 Å². The Balaban J connectivity index is 2.10. The molecule has 0 bridgehead atoms. The van der Waals surface area contributed by atoms with Gasteiger partial charge in [0.25, 0.3) is 0 Å². The van der Waals surface area contributed by atoms with Crippen molar-refractivity contribution in [1.29, 1.82) is 0 Å². The zero-order valence-corrected chi connectivity index (χ0v) is 21.7. The molecule has 1 fully saturated rings. The number of likely N-dealkylation sites (tertiary alicyclic amines) is 1. The summed E-state index contributed by atoms with van der Waals surface area (Å²) in [6.07, 6.45) is 6.96. The Morgan fingerprint density at radius 2 is 2.03 bits per heavy atom. The monoisotopic (exact) mass is 539 g/mol. The predicted octanol–water partition coefficient (Wildman–Crippen LogP) is -1.87. The fraction of sp³-hybridized carbons (Fsp3) is 0.636. The first-order valence-corrected chi connectivity index (χ1v) is 13.4. The fourth-order valence-corrected chi connectivity index (χ4v) is 4.48. The number of carboxylic acid groups (broad SMARTS) is 1. The van der Waals surface area contributed by atoms with Crippen molar-refractivity contribution in [1.82, 2.24) is 25.5 Å². The third-order valence-corrected chi connectivity index (χ3v) is 6.61. The first-order valence-electron chi connectivity index (χ1n) is 12.0. The molecule has 14 nitrogen and oxygen atoms in total. The Bertz CT molecular complexity index is 939. The molecule has 1 aliphatic heterocycles. The molecule has 2 heterocycles. The van der Waals surface area contributed by atoms with Crippen LogP contribution in [0.4, 0.5) is 0 Å². The number of imidazole rings is 1. The Morgan fingerprint density at radius 3 is 2.65 bits per heavy atom. The first kappa shape index (κ1) is 29.9. The SMILES string of the molecule is CSCCC(NC(=O)C1CCCN1C(=O)C(Cc1cnc[nH]1)NC(=O)C(N)CCCN=C(N)N)C(=O)O. The molecule has 1 aromatic heterocycles. The Kier molecular flexibility index (Phi) is 12.2. The summed E-state index contributed by atoms with van der Waals surface area (Å²) in [6, 6.07) is -3.78. The molecule has 0 spiro atoms. The summed E-state index contributed by atoms with van der Waals surface area (Å²) in [7, 11) is 0. The molecule has 0 radical (unpaired) electrons. The number of aliphatic imine (C=N–C) groups is 1. The van der Waals surface area contributed by atoms with Gasteiger partial charge in [0, 0.05) is 31.4 Å². The quantitative estimate of drug-likeness (QED) is 0.0744. The van der Waals surface area contributed by atoms with Crippen molar-refractivity contribution in [3.05, 3.63) is 18.2 Å². The number of aromatic nitrogens is 2. The number of nitrogens with zero attached hydrogens (tertiary/aromatic N) is 3. The van der Waals surface area contributed by atoms with Crippen LogP contribution in [-0.4, -0.2) is 98.9 Å². The number of carboxylic acids is 1. The molecule has 206 valence electrons. The van der Waals surface area contributed by atoms with Gasteiger partial charge >= 0.3 is 5.97 Å². The van der Waals surface area contributed by atoms with Gasteiger partial charge in [-0.1, -0.05) is 0 Å². The van der Waals surface area contributed by atoms with Crippen molar-refractivity contribution < 1.29 is 24.3 Å². The van der Waals surface area contributed by atoms with E-state index in [4.69, 9.17) is 17.2 Å². The Morgan fingerprint density at radius 1 is 1.27 bits per heavy atom. The number of aromatic amines is 1. The number of nitrogens with one attached hydrogen (secondary N) is 3. The average molecular weight is 540 g/mol. The maximum absolute atomic E-state index is 13.6. The molecule has 10 N–H and O–H groups in total. The molecule has 15 heteroatoms. The van der Waals surface area contributed by atoms with Crippen LogP contribution in [0.2, 0.25) is 0 Å². The lowest BCUT2D eigenvalue weighted by atomic mass is 10.1. The summed E-state index contributed by atoms with van der Waals surface area (Å²) in [5, 5.41) is 14.7. The lowest BCUT2D eigenvalue weighted by molar-refractivity contribution is -0.145. The van der Waals surface area contributed by atoms with E-state index in [1.54, 1.807) is 6.20 Å². The second kappa shape index (κ2) is 15.0. The summed E-state index contributed by atoms with van der Waals surface area (Å²) in [4.78, 5) is 63.0. The third kappa shape index (κ3) is 9.57. The van der Waals surface area contributed by atoms with Gasteiger partial charge in [-0.2, -0.15) is 11.8 Å². The van der Waals surface area contributed by atoms with Crippen molar-refractivity contribution in [2.45, 2.75) is 62.7 Å². The van der Waals surface area contributed by atoms with E-state index in [9.17, 15) is 24.3 Å². The van der Waals surface area contributed by atoms with Crippen LogP contribution in [0.1, 0.15) is 37.8 Å². The topological polar surface area (TPSA) is 235 Å². The van der Waals surface area contributed by atoms with Crippen molar-refractivity contribution in [3.8, 4) is 0 Å². The first-order chi connectivity index (χ1) is 17.6. The highest BCUT2D eigenvalue weighted by atomic mass is 32.2. The van der Waals surface area contributed by atoms with Crippen LogP contribution >= 0.6 is 11.8 Å². The number of H-pyrrole nitrogens is 1. The van der Waals surface area contributed by atoms with E-state index in [0.29, 0.717) is 50.2 Å². The smallest absolute Gasteiger partial charge is 0.326 e. The van der Waals surface area contributed by atoms with Crippen LogP contribution in [-0.2, 0) is 25.6 Å². The third-order valence-electron chi connectivity index (χ3n) is 5.96. The summed E-state index contributed by atoms with van der Waals surface area (Å²) >= 11 is 1.48. The maximum Gasteiger partial charge on any atom is 0.326 e. The number of thioether (sulfide) groups is 1. The molecule has 4 unspecified atom stereocenters. The number of aliphatic carboxylic acids is 1. The fourth-order valence-electron chi connectivity index (χ4n) is 4.01. The van der Waals surface area contributed by atoms with E-state index in [0.717, 1.165) is 0 Å². The Hall–Kier alpha value is -3.33. The van der Waals surface area contributed by atoms with Gasteiger partial charge < -0.3 is 42.8 Å². The summed E-state index contributed by atoms with van der Waals surface area (Å²) in [5.41, 5.74) is 17.2. The molecule has 0 aliphatic carbocycles. The molecule has 0 saturated carbocycles. The molecular weight excluding hydrogens is 502 g/mol. The molecule has 4 atom stereocenters. The molecular formula is C22H37N9O5S. The number of carbonyl (C=O) groups is 4. The highest BCUT2D eigenvalue weighted by molar-refractivity contribution is 7.98. The van der Waals surface area contributed by atoms with Crippen molar-refractivity contribution in [2.75, 3.05) is 25.1 Å². The van der Waals surface area contributed by atoms with Crippen LogP contribution in [0.15, 0.2) is 17.5 Å². The van der Waals surface area contributed by atoms with Crippen molar-refractivity contribution in [3.63, 3.8) is 0 Å². The lowest BCUT2D eigenvalue weighted by Crippen LogP contribution is -2.57. The van der Waals surface area contributed by atoms with E-state index in [1.165, 1.54) is 23.0 Å². The van der Waals surface area contributed by atoms with E-state index in [2.05, 4.69) is 25.6 Å². The number of guanidine groups is 1. The highest BCUT2D eigenvalue weighted by Gasteiger charge is 2.39. The average Bonchev–Trinajstić information content (AvgIpc) is 3.55. The maximum atomic E-state index is 13.6. The molecule has 37 heavy (non-hydrogen) atoms. The molecule has 3 amide bonds. The number of hydrogen-bond acceptors (Lipinski definition) is 8. The zero-order valence-electron chi connectivity index (χ0n) is 20.9. The normalized spacial score (nSPS) is 17.5. The van der Waals surface area contributed by atoms with Gasteiger partial charge in [0.1, 0.15) is 18.1 Å². The molecule has 1 aromatic rings. The molecule has 1 saturated heterocycles. The van der Waals surface area contributed by atoms with Gasteiger partial charge in [0.2, 0.25) is 17.7 Å². The number of carbonyl (C=O) groups excluding carboxylic acids is 3. The second-order valence-corrected chi connectivity index (χ2v) is 9.75. The van der Waals surface area contributed by atoms with Crippen LogP contribution in [0.25, 0.3) is 0 Å². The van der Waals surface area contributed by atoms with Crippen LogP contribution in [0.5, 0.6) is 0 Å². The van der Waals surface area contributed by atoms with Gasteiger partial charge in [-0.05, 0) is 44.1 Å². The molecule has 2 rings (SSSR count). The van der Waals surface area contributed by atoms with E-state index in [-0.39, 0.29) is 18.8 Å². The van der Waals surface area contributed by atoms with E-state index < -0.39 is 47.9 Å². The van der Waals surface area contributed by atoms with E-state index in [1.807, 2.05) is 6.26 Å². The number of rotatable bonds is 15. The number of hydrogen-bond donors (Lipinski definition) is 7. The van der Waals surface area contributed by atoms with Gasteiger partial charge in [0.05, 0.1) is 12.4 Å². The van der Waals surface area contributed by atoms with Gasteiger partial charge in [-0.15, -0.1) is 0 Å². The minimum absolute atomic E-state index is 0.0497. The standard InChI is InChI=1S/C22H37N9O5S/c1-37-9-6-15(21(35)36)29-19(33)17-5-3-8-31(17)20(34)16(10-13-11-26-12-28-13)30-18(32)14(23)4-2-7-27-22(24)25/h11-12,14-17H,2-10,23H2,1H3,(H,26,28)(H,29,33)(H,30,32)(H,35,36)(H4,24,25,27).